The van der Waals surface area contributed by atoms with E-state index in [-0.39, 0.29) is 0 Å². The minimum atomic E-state index is -4.28. The first-order valence-electron chi connectivity index (χ1n) is 4.28. The third-order valence-corrected chi connectivity index (χ3v) is 2.02. The Morgan fingerprint density at radius 2 is 1.37 bits per heavy atom. The van der Waals surface area contributed by atoms with E-state index in [0.29, 0.717) is 12.2 Å². The van der Waals surface area contributed by atoms with Crippen LogP contribution < -0.4 is 0 Å². The van der Waals surface area contributed by atoms with E-state index in [9.17, 15) is 31.2 Å². The van der Waals surface area contributed by atoms with E-state index in [1.54, 1.807) is 6.07 Å². The second-order valence-corrected chi connectivity index (χ2v) is 3.94. The van der Waals surface area contributed by atoms with Crippen LogP contribution in [0.25, 0.3) is 0 Å². The number of hydrogen-bond donors (Lipinski definition) is 0. The molecule has 0 saturated heterocycles. The van der Waals surface area contributed by atoms with Crippen molar-refractivity contribution in [1.29, 1.82) is 0 Å². The fourth-order valence-corrected chi connectivity index (χ4v) is 0.971. The van der Waals surface area contributed by atoms with Gasteiger partial charge in [0.15, 0.2) is 0 Å². The van der Waals surface area contributed by atoms with Crippen LogP contribution in [0, 0.1) is 0 Å². The molecular formula is C9H5F3N2O4S. The van der Waals surface area contributed by atoms with Crippen molar-refractivity contribution >= 4 is 22.4 Å². The Kier molecular flexibility index (Phi) is 6.35. The van der Waals surface area contributed by atoms with Crippen molar-refractivity contribution in [2.75, 3.05) is 0 Å². The number of benzene rings is 1. The van der Waals surface area contributed by atoms with Gasteiger partial charge in [0.2, 0.25) is 0 Å². The van der Waals surface area contributed by atoms with Gasteiger partial charge in [-0.15, -0.1) is 0 Å². The zero-order chi connectivity index (χ0) is 14.9. The molecule has 0 amide bonds. The molecule has 0 saturated carbocycles. The van der Waals surface area contributed by atoms with Crippen LogP contribution in [-0.4, -0.2) is 20.6 Å². The van der Waals surface area contributed by atoms with Crippen molar-refractivity contribution in [2.45, 2.75) is 6.18 Å². The lowest BCUT2D eigenvalue weighted by molar-refractivity contribution is -0.137. The summed E-state index contributed by atoms with van der Waals surface area (Å²) in [6, 6.07) is 6.36. The standard InChI is InChI=1S/C7H5F3.C2N2O4S/c8-7(9,10)6-4-2-1-3-5-6;5-1-3-9(7,8)4-2-6/h1-5H;. The first-order valence-corrected chi connectivity index (χ1v) is 5.68. The molecule has 0 aliphatic rings. The van der Waals surface area contributed by atoms with Gasteiger partial charge in [-0.2, -0.15) is 21.6 Å². The fourth-order valence-electron chi connectivity index (χ4n) is 0.742. The zero-order valence-electron chi connectivity index (χ0n) is 8.96. The van der Waals surface area contributed by atoms with E-state index >= 15 is 0 Å². The van der Waals surface area contributed by atoms with Gasteiger partial charge in [0, 0.05) is 0 Å². The van der Waals surface area contributed by atoms with Crippen LogP contribution in [0.3, 0.4) is 0 Å². The average molecular weight is 294 g/mol. The molecule has 0 radical (unpaired) electrons. The predicted molar refractivity (Wildman–Crippen MR) is 56.6 cm³/mol. The van der Waals surface area contributed by atoms with E-state index in [2.05, 4.69) is 8.80 Å². The number of hydrogen-bond acceptors (Lipinski definition) is 4. The van der Waals surface area contributed by atoms with Gasteiger partial charge in [-0.3, -0.25) is 0 Å². The van der Waals surface area contributed by atoms with Crippen molar-refractivity contribution in [2.24, 2.45) is 8.80 Å². The third-order valence-electron chi connectivity index (χ3n) is 1.41. The normalized spacial score (nSPS) is 10.3. The van der Waals surface area contributed by atoms with Gasteiger partial charge in [-0.1, -0.05) is 39.1 Å². The number of halogens is 3. The highest BCUT2D eigenvalue weighted by molar-refractivity contribution is 7.89. The highest BCUT2D eigenvalue weighted by Crippen LogP contribution is 2.28. The van der Waals surface area contributed by atoms with E-state index in [1.165, 1.54) is 12.1 Å². The Morgan fingerprint density at radius 1 is 0.947 bits per heavy atom. The average Bonchev–Trinajstić information content (AvgIpc) is 2.29. The van der Waals surface area contributed by atoms with E-state index < -0.39 is 21.9 Å². The Balaban J connectivity index is 0.000000344. The van der Waals surface area contributed by atoms with Crippen LogP contribution in [0.4, 0.5) is 13.2 Å². The van der Waals surface area contributed by atoms with Gasteiger partial charge >= 0.3 is 16.4 Å². The summed E-state index contributed by atoms with van der Waals surface area (Å²) in [5.74, 6) is 0. The van der Waals surface area contributed by atoms with Gasteiger partial charge < -0.3 is 0 Å². The minimum absolute atomic E-state index is 0.602. The van der Waals surface area contributed by atoms with Gasteiger partial charge in [-0.25, -0.2) is 9.59 Å². The second kappa shape index (κ2) is 7.22. The predicted octanol–water partition coefficient (Wildman–Crippen LogP) is 1.61. The summed E-state index contributed by atoms with van der Waals surface area (Å²) in [6.45, 7) is 0. The lowest BCUT2D eigenvalue weighted by Gasteiger charge is -2.03. The second-order valence-electron chi connectivity index (χ2n) is 2.68. The van der Waals surface area contributed by atoms with Crippen LogP contribution in [0.15, 0.2) is 39.1 Å². The molecule has 1 rings (SSSR count). The molecular weight excluding hydrogens is 289 g/mol. The molecule has 6 nitrogen and oxygen atoms in total. The molecule has 0 fully saturated rings. The summed E-state index contributed by atoms with van der Waals surface area (Å²) in [5.41, 5.74) is -0.602. The molecule has 19 heavy (non-hydrogen) atoms. The first-order chi connectivity index (χ1) is 8.73. The quantitative estimate of drug-likeness (QED) is 0.611. The van der Waals surface area contributed by atoms with Crippen LogP contribution in [-0.2, 0) is 26.0 Å². The van der Waals surface area contributed by atoms with Crippen LogP contribution in [0.2, 0.25) is 0 Å². The third kappa shape index (κ3) is 7.61. The Morgan fingerprint density at radius 3 is 1.63 bits per heavy atom. The largest absolute Gasteiger partial charge is 0.416 e. The number of rotatable bonds is 2. The van der Waals surface area contributed by atoms with Crippen molar-refractivity contribution in [3.63, 3.8) is 0 Å². The summed E-state index contributed by atoms with van der Waals surface area (Å²) < 4.78 is 59.7. The molecule has 0 heterocycles. The van der Waals surface area contributed by atoms with Crippen LogP contribution in [0.1, 0.15) is 5.56 Å². The van der Waals surface area contributed by atoms with Crippen LogP contribution in [0.5, 0.6) is 0 Å². The lowest BCUT2D eigenvalue weighted by atomic mass is 10.2. The molecule has 102 valence electrons. The van der Waals surface area contributed by atoms with Crippen LogP contribution >= 0.6 is 0 Å². The van der Waals surface area contributed by atoms with E-state index in [4.69, 9.17) is 0 Å². The molecule has 0 aliphatic heterocycles. The summed E-state index contributed by atoms with van der Waals surface area (Å²) in [6.07, 6.45) is -2.79. The Hall–Kier alpha value is -2.28. The topological polar surface area (TPSA) is 93.0 Å². The van der Waals surface area contributed by atoms with Gasteiger partial charge in [0.1, 0.15) is 0 Å². The summed E-state index contributed by atoms with van der Waals surface area (Å²) in [4.78, 5) is 18.5. The molecule has 0 atom stereocenters. The maximum atomic E-state index is 11.8. The van der Waals surface area contributed by atoms with Crippen molar-refractivity contribution in [1.82, 2.24) is 0 Å². The van der Waals surface area contributed by atoms with Crippen molar-refractivity contribution in [3.8, 4) is 0 Å². The van der Waals surface area contributed by atoms with Crippen molar-refractivity contribution in [3.05, 3.63) is 35.9 Å². The number of carbonyl (C=O) groups excluding carboxylic acids is 2. The monoisotopic (exact) mass is 294 g/mol. The number of isocyanates is 2. The molecule has 0 aromatic heterocycles. The SMILES string of the molecule is FC(F)(F)c1ccccc1.O=C=NS(=O)(=O)N=C=O. The summed E-state index contributed by atoms with van der Waals surface area (Å²) in [5, 5.41) is 0. The molecule has 0 N–H and O–H groups in total. The first kappa shape index (κ1) is 16.7. The van der Waals surface area contributed by atoms with Gasteiger partial charge in [0.05, 0.1) is 5.56 Å². The molecule has 0 aliphatic carbocycles. The molecule has 10 heteroatoms. The fraction of sp³-hybridized carbons (Fsp3) is 0.111. The smallest absolute Gasteiger partial charge is 0.210 e. The highest BCUT2D eigenvalue weighted by Gasteiger charge is 2.29. The van der Waals surface area contributed by atoms with E-state index in [0.717, 1.165) is 12.1 Å². The number of alkyl halides is 3. The highest BCUT2D eigenvalue weighted by atomic mass is 32.2. The molecule has 0 bridgehead atoms. The summed E-state index contributed by atoms with van der Waals surface area (Å²) in [7, 11) is -4.28. The lowest BCUT2D eigenvalue weighted by Crippen LogP contribution is -2.03. The summed E-state index contributed by atoms with van der Waals surface area (Å²) >= 11 is 0. The minimum Gasteiger partial charge on any atom is -0.210 e. The molecule has 0 unspecified atom stereocenters. The maximum Gasteiger partial charge on any atom is 0.416 e. The molecule has 0 spiro atoms. The Labute approximate surface area is 105 Å². The molecule has 1 aromatic carbocycles. The van der Waals surface area contributed by atoms with E-state index in [1.807, 2.05) is 0 Å². The zero-order valence-corrected chi connectivity index (χ0v) is 9.77. The molecule has 1 aromatic rings. The van der Waals surface area contributed by atoms with Crippen molar-refractivity contribution < 1.29 is 31.2 Å². The number of nitrogens with zero attached hydrogens (tertiary/aromatic N) is 2. The van der Waals surface area contributed by atoms with Gasteiger partial charge in [-0.05, 0) is 0 Å². The Bertz CT molecular complexity index is 576. The van der Waals surface area contributed by atoms with Gasteiger partial charge in [0.25, 0.3) is 12.2 Å². The maximum absolute atomic E-state index is 11.8.